The third-order valence-electron chi connectivity index (χ3n) is 6.20. The number of allylic oxidation sites excluding steroid dienone is 2. The van der Waals surface area contributed by atoms with Gasteiger partial charge in [0.1, 0.15) is 5.52 Å². The van der Waals surface area contributed by atoms with E-state index in [0.717, 1.165) is 35.8 Å². The van der Waals surface area contributed by atoms with Crippen molar-refractivity contribution in [2.45, 2.75) is 44.9 Å². The van der Waals surface area contributed by atoms with Crippen LogP contribution < -0.4 is 5.43 Å². The number of hydrogen-bond donors (Lipinski definition) is 2. The highest BCUT2D eigenvalue weighted by Crippen LogP contribution is 2.53. The molecule has 0 saturated heterocycles. The van der Waals surface area contributed by atoms with Crippen LogP contribution in [0.3, 0.4) is 0 Å². The first-order chi connectivity index (χ1) is 13.7. The maximum atomic E-state index is 10.6. The van der Waals surface area contributed by atoms with Crippen LogP contribution in [-0.2, 0) is 4.79 Å². The Balaban J connectivity index is 1.32. The molecule has 6 nitrogen and oxygen atoms in total. The van der Waals surface area contributed by atoms with E-state index < -0.39 is 5.97 Å². The molecule has 4 unspecified atom stereocenters. The molecule has 2 N–H and O–H groups in total. The lowest BCUT2D eigenvalue weighted by molar-refractivity contribution is -0.137. The van der Waals surface area contributed by atoms with Crippen LogP contribution in [0.4, 0.5) is 6.01 Å². The summed E-state index contributed by atoms with van der Waals surface area (Å²) in [5, 5.41) is 13.1. The van der Waals surface area contributed by atoms with Crippen molar-refractivity contribution in [1.82, 2.24) is 4.98 Å². The van der Waals surface area contributed by atoms with E-state index in [9.17, 15) is 4.79 Å². The number of hydrazone groups is 1. The Hall–Kier alpha value is -2.63. The number of carboxylic acids is 1. The Labute approximate surface area is 164 Å². The average molecular weight is 381 g/mol. The molecule has 0 amide bonds. The van der Waals surface area contributed by atoms with Gasteiger partial charge < -0.3 is 9.52 Å². The molecular formula is C22H27N3O3. The average Bonchev–Trinajstić information content (AvgIpc) is 3.39. The normalized spacial score (nSPS) is 26.7. The van der Waals surface area contributed by atoms with E-state index in [1.54, 1.807) is 0 Å². The second-order valence-electron chi connectivity index (χ2n) is 7.94. The van der Waals surface area contributed by atoms with Crippen LogP contribution in [0.1, 0.15) is 44.9 Å². The minimum Gasteiger partial charge on any atom is -0.481 e. The summed E-state index contributed by atoms with van der Waals surface area (Å²) in [4.78, 5) is 15.0. The molecule has 1 heterocycles. The van der Waals surface area contributed by atoms with Crippen molar-refractivity contribution < 1.29 is 14.3 Å². The number of rotatable bonds is 9. The Morgan fingerprint density at radius 2 is 2.14 bits per heavy atom. The number of aliphatic carboxylic acids is 1. The van der Waals surface area contributed by atoms with Crippen LogP contribution in [-0.4, -0.2) is 22.3 Å². The Morgan fingerprint density at radius 3 is 3.00 bits per heavy atom. The molecule has 28 heavy (non-hydrogen) atoms. The molecule has 1 aromatic heterocycles. The maximum Gasteiger partial charge on any atom is 0.316 e. The van der Waals surface area contributed by atoms with Gasteiger partial charge in [0.15, 0.2) is 5.58 Å². The Bertz CT molecular complexity index is 840. The third kappa shape index (κ3) is 4.26. The van der Waals surface area contributed by atoms with E-state index in [1.165, 1.54) is 19.3 Å². The smallest absolute Gasteiger partial charge is 0.316 e. The summed E-state index contributed by atoms with van der Waals surface area (Å²) in [5.74, 6) is 1.91. The van der Waals surface area contributed by atoms with Gasteiger partial charge in [-0.05, 0) is 68.4 Å². The minimum atomic E-state index is -0.718. The zero-order valence-electron chi connectivity index (χ0n) is 16.0. The number of oxazole rings is 1. The van der Waals surface area contributed by atoms with Crippen molar-refractivity contribution >= 4 is 29.3 Å². The molecule has 1 aromatic carbocycles. The van der Waals surface area contributed by atoms with Gasteiger partial charge in [-0.25, -0.2) is 5.43 Å². The number of nitrogens with one attached hydrogen (secondary N) is 1. The van der Waals surface area contributed by atoms with Crippen molar-refractivity contribution in [3.8, 4) is 0 Å². The predicted octanol–water partition coefficient (Wildman–Crippen LogP) is 5.09. The number of carbonyl (C=O) groups is 1. The number of para-hydroxylation sites is 2. The topological polar surface area (TPSA) is 87.7 Å². The monoisotopic (exact) mass is 381 g/mol. The first-order valence-corrected chi connectivity index (χ1v) is 10.2. The third-order valence-corrected chi connectivity index (χ3v) is 6.20. The number of aromatic nitrogens is 1. The summed E-state index contributed by atoms with van der Waals surface area (Å²) in [6.07, 6.45) is 13.2. The Morgan fingerprint density at radius 1 is 1.29 bits per heavy atom. The zero-order valence-corrected chi connectivity index (χ0v) is 16.0. The largest absolute Gasteiger partial charge is 0.481 e. The summed E-state index contributed by atoms with van der Waals surface area (Å²) < 4.78 is 5.65. The lowest BCUT2D eigenvalue weighted by Crippen LogP contribution is -2.23. The molecule has 148 valence electrons. The predicted molar refractivity (Wildman–Crippen MR) is 109 cm³/mol. The lowest BCUT2D eigenvalue weighted by Gasteiger charge is -2.27. The summed E-state index contributed by atoms with van der Waals surface area (Å²) in [6.45, 7) is 0. The van der Waals surface area contributed by atoms with E-state index in [-0.39, 0.29) is 6.42 Å². The van der Waals surface area contributed by atoms with E-state index in [4.69, 9.17) is 9.52 Å². The molecule has 2 aliphatic carbocycles. The van der Waals surface area contributed by atoms with Crippen LogP contribution in [0.5, 0.6) is 0 Å². The van der Waals surface area contributed by atoms with Gasteiger partial charge in [-0.15, -0.1) is 0 Å². The highest BCUT2D eigenvalue weighted by atomic mass is 16.4. The first kappa shape index (κ1) is 18.7. The number of benzene rings is 1. The number of fused-ring (bicyclic) bond motifs is 3. The van der Waals surface area contributed by atoms with E-state index in [1.807, 2.05) is 24.3 Å². The summed E-state index contributed by atoms with van der Waals surface area (Å²) in [6, 6.07) is 8.10. The molecule has 0 radical (unpaired) electrons. The summed E-state index contributed by atoms with van der Waals surface area (Å²) >= 11 is 0. The van der Waals surface area contributed by atoms with Gasteiger partial charge in [0.05, 0.1) is 0 Å². The standard InChI is InChI=1S/C22H27N3O3/c26-21(27)10-4-2-1-3-7-17-15-11-12-16(13-15)18(17)14-23-25-22-24-19-8-5-6-9-20(19)28-22/h1,3,5-6,8-9,14-18H,2,4,7,10-13H2,(H,24,25)(H,26,27)/b3-1-,23-14?. The summed E-state index contributed by atoms with van der Waals surface area (Å²) in [7, 11) is 0. The molecule has 0 aliphatic heterocycles. The molecule has 2 aromatic rings. The van der Waals surface area contributed by atoms with Crippen LogP contribution in [0, 0.1) is 23.7 Å². The molecule has 2 aliphatic rings. The van der Waals surface area contributed by atoms with Gasteiger partial charge in [0.25, 0.3) is 0 Å². The van der Waals surface area contributed by atoms with E-state index in [0.29, 0.717) is 24.3 Å². The number of anilines is 1. The molecule has 2 bridgehead atoms. The highest BCUT2D eigenvalue weighted by Gasteiger charge is 2.45. The molecule has 4 atom stereocenters. The Kier molecular flexibility index (Phi) is 5.74. The molecule has 4 rings (SSSR count). The van der Waals surface area contributed by atoms with Crippen LogP contribution >= 0.6 is 0 Å². The van der Waals surface area contributed by atoms with Crippen LogP contribution in [0.2, 0.25) is 0 Å². The fourth-order valence-corrected chi connectivity index (χ4v) is 4.88. The molecule has 6 heteroatoms. The van der Waals surface area contributed by atoms with Gasteiger partial charge in [0.2, 0.25) is 0 Å². The van der Waals surface area contributed by atoms with Crippen molar-refractivity contribution in [2.75, 3.05) is 5.43 Å². The number of carboxylic acid groups (broad SMARTS) is 1. The van der Waals surface area contributed by atoms with Crippen LogP contribution in [0.15, 0.2) is 45.9 Å². The lowest BCUT2D eigenvalue weighted by atomic mass is 9.78. The first-order valence-electron chi connectivity index (χ1n) is 10.2. The van der Waals surface area contributed by atoms with Crippen molar-refractivity contribution in [3.05, 3.63) is 36.4 Å². The van der Waals surface area contributed by atoms with Crippen molar-refractivity contribution in [1.29, 1.82) is 0 Å². The number of hydrogen-bond acceptors (Lipinski definition) is 5. The van der Waals surface area contributed by atoms with Crippen molar-refractivity contribution in [3.63, 3.8) is 0 Å². The molecule has 2 fully saturated rings. The van der Waals surface area contributed by atoms with Gasteiger partial charge in [-0.2, -0.15) is 10.1 Å². The van der Waals surface area contributed by atoms with Gasteiger partial charge in [-0.3, -0.25) is 4.79 Å². The fraction of sp³-hybridized carbons (Fsp3) is 0.500. The van der Waals surface area contributed by atoms with Gasteiger partial charge in [-0.1, -0.05) is 24.3 Å². The molecule has 0 spiro atoms. The minimum absolute atomic E-state index is 0.245. The highest BCUT2D eigenvalue weighted by molar-refractivity contribution is 5.74. The number of unbranched alkanes of at least 4 members (excludes halogenated alkanes) is 1. The second kappa shape index (κ2) is 8.59. The SMILES string of the molecule is O=C(O)CCC/C=C\CC1C2CCC(C2)C1C=NNc1nc2ccccc2o1. The second-order valence-corrected chi connectivity index (χ2v) is 7.94. The fourth-order valence-electron chi connectivity index (χ4n) is 4.88. The zero-order chi connectivity index (χ0) is 19.3. The van der Waals surface area contributed by atoms with Crippen molar-refractivity contribution in [2.24, 2.45) is 28.8 Å². The van der Waals surface area contributed by atoms with Gasteiger partial charge in [0, 0.05) is 18.6 Å². The van der Waals surface area contributed by atoms with Gasteiger partial charge >= 0.3 is 12.0 Å². The van der Waals surface area contributed by atoms with Crippen LogP contribution in [0.25, 0.3) is 11.1 Å². The number of nitrogens with zero attached hydrogens (tertiary/aromatic N) is 2. The quantitative estimate of drug-likeness (QED) is 0.273. The molecular weight excluding hydrogens is 354 g/mol. The maximum absolute atomic E-state index is 10.6. The summed E-state index contributed by atoms with van der Waals surface area (Å²) in [5.41, 5.74) is 4.53. The molecule has 2 saturated carbocycles. The van der Waals surface area contributed by atoms with E-state index >= 15 is 0 Å². The van der Waals surface area contributed by atoms with E-state index in [2.05, 4.69) is 33.9 Å².